The summed E-state index contributed by atoms with van der Waals surface area (Å²) < 4.78 is 5.68. The molecule has 2 aromatic rings. The Labute approximate surface area is 130 Å². The quantitative estimate of drug-likeness (QED) is 0.660. The van der Waals surface area contributed by atoms with Crippen molar-refractivity contribution in [3.8, 4) is 5.75 Å². The van der Waals surface area contributed by atoms with Crippen LogP contribution in [0.4, 0.5) is 0 Å². The summed E-state index contributed by atoms with van der Waals surface area (Å²) >= 11 is 12.8. The van der Waals surface area contributed by atoms with Crippen molar-refractivity contribution >= 4 is 23.2 Å². The van der Waals surface area contributed by atoms with Crippen LogP contribution in [0.3, 0.4) is 0 Å². The van der Waals surface area contributed by atoms with E-state index in [1.807, 2.05) is 45.0 Å². The number of alkyl halides is 1. The number of rotatable bonds is 4. The van der Waals surface area contributed by atoms with Crippen LogP contribution < -0.4 is 4.74 Å². The fourth-order valence-electron chi connectivity index (χ4n) is 2.24. The van der Waals surface area contributed by atoms with Crippen LogP contribution in [-0.4, -0.2) is 6.61 Å². The lowest BCUT2D eigenvalue weighted by Crippen LogP contribution is -2.01. The summed E-state index contributed by atoms with van der Waals surface area (Å²) in [4.78, 5) is 0. The van der Waals surface area contributed by atoms with E-state index in [4.69, 9.17) is 27.9 Å². The molecule has 0 radical (unpaired) electrons. The van der Waals surface area contributed by atoms with E-state index in [-0.39, 0.29) is 5.38 Å². The van der Waals surface area contributed by atoms with Crippen LogP contribution in [0, 0.1) is 13.8 Å². The van der Waals surface area contributed by atoms with Gasteiger partial charge in [-0.3, -0.25) is 0 Å². The average molecular weight is 309 g/mol. The Balaban J connectivity index is 2.46. The molecule has 106 valence electrons. The summed E-state index contributed by atoms with van der Waals surface area (Å²) in [6.45, 7) is 6.65. The summed E-state index contributed by atoms with van der Waals surface area (Å²) in [7, 11) is 0. The van der Waals surface area contributed by atoms with Crippen LogP contribution in [-0.2, 0) is 0 Å². The third-order valence-electron chi connectivity index (χ3n) is 3.10. The SMILES string of the molecule is CCOc1ccc(C)cc1C(Cl)c1cc(C)cc(Cl)c1. The molecule has 0 bridgehead atoms. The number of benzene rings is 2. The monoisotopic (exact) mass is 308 g/mol. The van der Waals surface area contributed by atoms with Gasteiger partial charge in [0, 0.05) is 10.6 Å². The van der Waals surface area contributed by atoms with Gasteiger partial charge in [-0.25, -0.2) is 0 Å². The fourth-order valence-corrected chi connectivity index (χ4v) is 2.84. The van der Waals surface area contributed by atoms with Crippen LogP contribution in [0.25, 0.3) is 0 Å². The molecule has 1 unspecified atom stereocenters. The highest BCUT2D eigenvalue weighted by Gasteiger charge is 2.17. The Morgan fingerprint density at radius 3 is 2.45 bits per heavy atom. The van der Waals surface area contributed by atoms with Crippen molar-refractivity contribution in [1.82, 2.24) is 0 Å². The van der Waals surface area contributed by atoms with Gasteiger partial charge >= 0.3 is 0 Å². The highest BCUT2D eigenvalue weighted by atomic mass is 35.5. The van der Waals surface area contributed by atoms with Gasteiger partial charge in [0.2, 0.25) is 0 Å². The molecule has 2 aromatic carbocycles. The van der Waals surface area contributed by atoms with E-state index in [1.165, 1.54) is 0 Å². The first kappa shape index (κ1) is 15.2. The van der Waals surface area contributed by atoms with E-state index < -0.39 is 0 Å². The van der Waals surface area contributed by atoms with E-state index in [9.17, 15) is 0 Å². The lowest BCUT2D eigenvalue weighted by Gasteiger charge is -2.17. The molecule has 3 heteroatoms. The largest absolute Gasteiger partial charge is 0.494 e. The normalized spacial score (nSPS) is 12.2. The van der Waals surface area contributed by atoms with Gasteiger partial charge in [0.15, 0.2) is 0 Å². The van der Waals surface area contributed by atoms with Crippen LogP contribution in [0.1, 0.15) is 34.6 Å². The second kappa shape index (κ2) is 6.51. The number of hydrogen-bond acceptors (Lipinski definition) is 1. The van der Waals surface area contributed by atoms with Crippen molar-refractivity contribution in [2.24, 2.45) is 0 Å². The molecule has 20 heavy (non-hydrogen) atoms. The van der Waals surface area contributed by atoms with Crippen molar-refractivity contribution in [3.63, 3.8) is 0 Å². The van der Waals surface area contributed by atoms with Gasteiger partial charge in [-0.2, -0.15) is 0 Å². The highest BCUT2D eigenvalue weighted by Crippen LogP contribution is 2.37. The zero-order valence-corrected chi connectivity index (χ0v) is 13.4. The molecule has 0 spiro atoms. The summed E-state index contributed by atoms with van der Waals surface area (Å²) in [6, 6.07) is 12.0. The first-order valence-corrected chi connectivity index (χ1v) is 7.47. The molecule has 0 saturated heterocycles. The smallest absolute Gasteiger partial charge is 0.124 e. The highest BCUT2D eigenvalue weighted by molar-refractivity contribution is 6.31. The van der Waals surface area contributed by atoms with Gasteiger partial charge in [-0.05, 0) is 50.1 Å². The second-order valence-electron chi connectivity index (χ2n) is 4.90. The van der Waals surface area contributed by atoms with Gasteiger partial charge in [0.1, 0.15) is 5.75 Å². The summed E-state index contributed by atoms with van der Waals surface area (Å²) in [5.74, 6) is 0.829. The molecule has 0 amide bonds. The molecule has 0 N–H and O–H groups in total. The van der Waals surface area contributed by atoms with Crippen LogP contribution in [0.2, 0.25) is 5.02 Å². The lowest BCUT2D eigenvalue weighted by atomic mass is 10.00. The molecule has 0 saturated carbocycles. The number of ether oxygens (including phenoxy) is 1. The van der Waals surface area contributed by atoms with Crippen molar-refractivity contribution in [3.05, 3.63) is 63.7 Å². The molecule has 0 fully saturated rings. The van der Waals surface area contributed by atoms with Gasteiger partial charge in [0.05, 0.1) is 12.0 Å². The maximum absolute atomic E-state index is 6.65. The summed E-state index contributed by atoms with van der Waals surface area (Å²) in [5.41, 5.74) is 4.23. The fraction of sp³-hybridized carbons (Fsp3) is 0.294. The van der Waals surface area contributed by atoms with Crippen LogP contribution in [0.15, 0.2) is 36.4 Å². The molecule has 0 aromatic heterocycles. The van der Waals surface area contributed by atoms with E-state index in [0.717, 1.165) is 28.0 Å². The van der Waals surface area contributed by atoms with Crippen LogP contribution in [0.5, 0.6) is 5.75 Å². The third kappa shape index (κ3) is 3.47. The number of hydrogen-bond donors (Lipinski definition) is 0. The Morgan fingerprint density at radius 1 is 1.05 bits per heavy atom. The molecule has 0 aliphatic heterocycles. The Kier molecular flexibility index (Phi) is 4.95. The molecule has 1 nitrogen and oxygen atoms in total. The molecule has 0 heterocycles. The minimum Gasteiger partial charge on any atom is -0.494 e. The number of aryl methyl sites for hydroxylation is 2. The predicted octanol–water partition coefficient (Wildman–Crippen LogP) is 5.68. The maximum Gasteiger partial charge on any atom is 0.124 e. The van der Waals surface area contributed by atoms with Gasteiger partial charge in [-0.15, -0.1) is 11.6 Å². The van der Waals surface area contributed by atoms with Crippen molar-refractivity contribution in [2.75, 3.05) is 6.61 Å². The van der Waals surface area contributed by atoms with E-state index >= 15 is 0 Å². The minimum absolute atomic E-state index is 0.270. The molecule has 2 rings (SSSR count). The molecule has 0 aliphatic rings. The average Bonchev–Trinajstić information content (AvgIpc) is 2.39. The van der Waals surface area contributed by atoms with Gasteiger partial charge in [0.25, 0.3) is 0 Å². The van der Waals surface area contributed by atoms with Crippen molar-refractivity contribution in [1.29, 1.82) is 0 Å². The first-order valence-electron chi connectivity index (χ1n) is 6.65. The van der Waals surface area contributed by atoms with Gasteiger partial charge < -0.3 is 4.74 Å². The zero-order valence-electron chi connectivity index (χ0n) is 11.9. The third-order valence-corrected chi connectivity index (χ3v) is 3.80. The zero-order chi connectivity index (χ0) is 14.7. The Hall–Kier alpha value is -1.18. The molecular formula is C17H18Cl2O. The predicted molar refractivity (Wildman–Crippen MR) is 86.2 cm³/mol. The molecular weight excluding hydrogens is 291 g/mol. The van der Waals surface area contributed by atoms with E-state index in [0.29, 0.717) is 11.6 Å². The first-order chi connectivity index (χ1) is 9.51. The molecule has 0 aliphatic carbocycles. The second-order valence-corrected chi connectivity index (χ2v) is 5.77. The van der Waals surface area contributed by atoms with Crippen molar-refractivity contribution < 1.29 is 4.74 Å². The Bertz CT molecular complexity index is 588. The van der Waals surface area contributed by atoms with Gasteiger partial charge in [-0.1, -0.05) is 35.4 Å². The summed E-state index contributed by atoms with van der Waals surface area (Å²) in [6.07, 6.45) is 0. The minimum atomic E-state index is -0.270. The number of halogens is 2. The standard InChI is InChI=1S/C17H18Cl2O/c1-4-20-16-6-5-11(2)9-15(16)17(19)13-7-12(3)8-14(18)10-13/h5-10,17H,4H2,1-3H3. The lowest BCUT2D eigenvalue weighted by molar-refractivity contribution is 0.337. The van der Waals surface area contributed by atoms with Crippen molar-refractivity contribution in [2.45, 2.75) is 26.1 Å². The Morgan fingerprint density at radius 2 is 1.80 bits per heavy atom. The maximum atomic E-state index is 6.65. The molecule has 1 atom stereocenters. The summed E-state index contributed by atoms with van der Waals surface area (Å²) in [5, 5.41) is 0.435. The van der Waals surface area contributed by atoms with E-state index in [1.54, 1.807) is 0 Å². The van der Waals surface area contributed by atoms with E-state index in [2.05, 4.69) is 12.1 Å². The topological polar surface area (TPSA) is 9.23 Å². The van der Waals surface area contributed by atoms with Crippen LogP contribution >= 0.6 is 23.2 Å².